The number of hydrogen-bond acceptors (Lipinski definition) is 3. The van der Waals surface area contributed by atoms with Crippen LogP contribution in [0, 0.1) is 5.95 Å². The van der Waals surface area contributed by atoms with Gasteiger partial charge in [-0.1, -0.05) is 0 Å². The highest BCUT2D eigenvalue weighted by Crippen LogP contribution is 2.28. The minimum Gasteiger partial charge on any atom is -0.396 e. The molecule has 0 atom stereocenters. The molecule has 2 heterocycles. The highest BCUT2D eigenvalue weighted by atomic mass is 79.9. The van der Waals surface area contributed by atoms with Crippen LogP contribution in [0.2, 0.25) is 0 Å². The van der Waals surface area contributed by atoms with Gasteiger partial charge in [0.1, 0.15) is 0 Å². The number of nitrogens with two attached hydrogens (primary N) is 1. The van der Waals surface area contributed by atoms with E-state index in [-0.39, 0.29) is 0 Å². The highest BCUT2D eigenvalue weighted by molar-refractivity contribution is 9.10. The molecule has 6 heteroatoms. The van der Waals surface area contributed by atoms with E-state index in [2.05, 4.69) is 26.0 Å². The van der Waals surface area contributed by atoms with Gasteiger partial charge in [0.05, 0.1) is 23.1 Å². The first kappa shape index (κ1) is 10.1. The van der Waals surface area contributed by atoms with Crippen molar-refractivity contribution in [3.05, 3.63) is 28.9 Å². The molecule has 0 bridgehead atoms. The molecule has 15 heavy (non-hydrogen) atoms. The van der Waals surface area contributed by atoms with Gasteiger partial charge in [-0.25, -0.2) is 4.98 Å². The van der Waals surface area contributed by atoms with E-state index in [1.165, 1.54) is 17.1 Å². The van der Waals surface area contributed by atoms with Gasteiger partial charge < -0.3 is 5.73 Å². The van der Waals surface area contributed by atoms with Crippen LogP contribution >= 0.6 is 15.9 Å². The average Bonchev–Trinajstić information content (AvgIpc) is 2.51. The van der Waals surface area contributed by atoms with Gasteiger partial charge in [0.15, 0.2) is 0 Å². The Morgan fingerprint density at radius 2 is 2.20 bits per heavy atom. The fourth-order valence-electron chi connectivity index (χ4n) is 1.37. The van der Waals surface area contributed by atoms with Crippen molar-refractivity contribution in [1.29, 1.82) is 0 Å². The van der Waals surface area contributed by atoms with Gasteiger partial charge in [-0.3, -0.25) is 4.68 Å². The number of rotatable bonds is 1. The van der Waals surface area contributed by atoms with Crippen LogP contribution in [0.4, 0.5) is 10.1 Å². The van der Waals surface area contributed by atoms with Gasteiger partial charge in [-0.2, -0.15) is 9.49 Å². The Hall–Kier alpha value is -1.43. The molecule has 2 aromatic rings. The maximum atomic E-state index is 13.5. The molecule has 2 aromatic heterocycles. The van der Waals surface area contributed by atoms with Gasteiger partial charge in [0, 0.05) is 17.7 Å². The second kappa shape index (κ2) is 3.62. The third-order valence-electron chi connectivity index (χ3n) is 2.03. The molecule has 0 spiro atoms. The van der Waals surface area contributed by atoms with Crippen molar-refractivity contribution >= 4 is 21.6 Å². The van der Waals surface area contributed by atoms with E-state index in [1.807, 2.05) is 0 Å². The van der Waals surface area contributed by atoms with Crippen molar-refractivity contribution in [2.24, 2.45) is 7.05 Å². The summed E-state index contributed by atoms with van der Waals surface area (Å²) in [5.41, 5.74) is 6.99. The van der Waals surface area contributed by atoms with Gasteiger partial charge in [-0.05, 0) is 22.0 Å². The van der Waals surface area contributed by atoms with Crippen molar-refractivity contribution in [3.63, 3.8) is 0 Å². The molecule has 0 aliphatic carbocycles. The molecule has 2 N–H and O–H groups in total. The lowest BCUT2D eigenvalue weighted by atomic mass is 10.2. The fourth-order valence-corrected chi connectivity index (χ4v) is 1.70. The number of nitrogens with zero attached hydrogens (tertiary/aromatic N) is 3. The molecule has 0 radical (unpaired) electrons. The molecular weight excluding hydrogens is 263 g/mol. The summed E-state index contributed by atoms with van der Waals surface area (Å²) in [5.74, 6) is -0.562. The highest BCUT2D eigenvalue weighted by Gasteiger charge is 2.14. The van der Waals surface area contributed by atoms with Crippen LogP contribution < -0.4 is 5.73 Å². The molecule has 78 valence electrons. The molecule has 0 saturated carbocycles. The normalized spacial score (nSPS) is 10.6. The second-order valence-corrected chi connectivity index (χ2v) is 3.98. The minimum atomic E-state index is -0.562. The van der Waals surface area contributed by atoms with Crippen LogP contribution in [0.1, 0.15) is 0 Å². The number of aromatic nitrogens is 3. The number of aryl methyl sites for hydroxylation is 1. The zero-order valence-corrected chi connectivity index (χ0v) is 9.49. The average molecular weight is 271 g/mol. The van der Waals surface area contributed by atoms with E-state index in [1.54, 1.807) is 13.1 Å². The maximum absolute atomic E-state index is 13.5. The number of anilines is 1. The Morgan fingerprint density at radius 1 is 1.47 bits per heavy atom. The number of hydrogen-bond donors (Lipinski definition) is 1. The van der Waals surface area contributed by atoms with Gasteiger partial charge in [0.2, 0.25) is 5.95 Å². The van der Waals surface area contributed by atoms with Crippen LogP contribution in [-0.4, -0.2) is 14.8 Å². The summed E-state index contributed by atoms with van der Waals surface area (Å²) in [4.78, 5) is 3.61. The fraction of sp³-hybridized carbons (Fsp3) is 0.111. The summed E-state index contributed by atoms with van der Waals surface area (Å²) in [6.07, 6.45) is 2.88. The van der Waals surface area contributed by atoms with E-state index >= 15 is 0 Å². The van der Waals surface area contributed by atoms with Crippen molar-refractivity contribution in [1.82, 2.24) is 14.8 Å². The third-order valence-corrected chi connectivity index (χ3v) is 2.46. The van der Waals surface area contributed by atoms with Crippen molar-refractivity contribution in [2.45, 2.75) is 0 Å². The minimum absolute atomic E-state index is 0.335. The molecule has 0 fully saturated rings. The van der Waals surface area contributed by atoms with Crippen molar-refractivity contribution in [2.75, 3.05) is 5.73 Å². The Labute approximate surface area is 94.1 Å². The Morgan fingerprint density at radius 3 is 2.80 bits per heavy atom. The zero-order chi connectivity index (χ0) is 11.0. The zero-order valence-electron chi connectivity index (χ0n) is 7.91. The van der Waals surface area contributed by atoms with Gasteiger partial charge in [0.25, 0.3) is 0 Å². The van der Waals surface area contributed by atoms with Crippen LogP contribution in [-0.2, 0) is 7.05 Å². The lowest BCUT2D eigenvalue weighted by Gasteiger charge is -2.04. The van der Waals surface area contributed by atoms with E-state index in [0.29, 0.717) is 21.4 Å². The topological polar surface area (TPSA) is 56.7 Å². The first-order valence-electron chi connectivity index (χ1n) is 4.18. The Kier molecular flexibility index (Phi) is 2.44. The molecule has 0 aliphatic rings. The van der Waals surface area contributed by atoms with E-state index in [4.69, 9.17) is 5.73 Å². The largest absolute Gasteiger partial charge is 0.396 e. The monoisotopic (exact) mass is 270 g/mol. The van der Waals surface area contributed by atoms with Crippen LogP contribution in [0.5, 0.6) is 0 Å². The van der Waals surface area contributed by atoms with Crippen molar-refractivity contribution < 1.29 is 4.39 Å². The summed E-state index contributed by atoms with van der Waals surface area (Å²) in [6, 6.07) is 1.62. The molecule has 0 unspecified atom stereocenters. The number of pyridine rings is 1. The third kappa shape index (κ3) is 1.72. The molecular formula is C9H8BrFN4. The molecule has 2 rings (SSSR count). The van der Waals surface area contributed by atoms with Crippen LogP contribution in [0.25, 0.3) is 11.3 Å². The summed E-state index contributed by atoms with van der Waals surface area (Å²) < 4.78 is 15.7. The second-order valence-electron chi connectivity index (χ2n) is 3.06. The predicted molar refractivity (Wildman–Crippen MR) is 58.5 cm³/mol. The molecule has 0 amide bonds. The van der Waals surface area contributed by atoms with Gasteiger partial charge >= 0.3 is 0 Å². The van der Waals surface area contributed by atoms with Gasteiger partial charge in [-0.15, -0.1) is 0 Å². The van der Waals surface area contributed by atoms with E-state index < -0.39 is 5.95 Å². The SMILES string of the molecule is Cn1ncc(N)c1-c1cc(Br)cnc1F. The Bertz CT molecular complexity index is 489. The Balaban J connectivity index is 2.68. The molecule has 0 aliphatic heterocycles. The molecule has 0 aromatic carbocycles. The summed E-state index contributed by atoms with van der Waals surface area (Å²) >= 11 is 3.23. The summed E-state index contributed by atoms with van der Waals surface area (Å²) in [7, 11) is 1.70. The van der Waals surface area contributed by atoms with Crippen LogP contribution in [0.15, 0.2) is 22.9 Å². The summed E-state index contributed by atoms with van der Waals surface area (Å²) in [6.45, 7) is 0. The maximum Gasteiger partial charge on any atom is 0.222 e. The van der Waals surface area contributed by atoms with E-state index in [0.717, 1.165) is 0 Å². The first-order chi connectivity index (χ1) is 7.09. The van der Waals surface area contributed by atoms with E-state index in [9.17, 15) is 4.39 Å². The summed E-state index contributed by atoms with van der Waals surface area (Å²) in [5, 5.41) is 3.95. The smallest absolute Gasteiger partial charge is 0.222 e. The lowest BCUT2D eigenvalue weighted by Crippen LogP contribution is -1.99. The number of nitrogen functional groups attached to an aromatic ring is 1. The van der Waals surface area contributed by atoms with Crippen molar-refractivity contribution in [3.8, 4) is 11.3 Å². The van der Waals surface area contributed by atoms with Crippen LogP contribution in [0.3, 0.4) is 0 Å². The first-order valence-corrected chi connectivity index (χ1v) is 4.98. The number of halogens is 2. The lowest BCUT2D eigenvalue weighted by molar-refractivity contribution is 0.584. The predicted octanol–water partition coefficient (Wildman–Crippen LogP) is 1.97. The quantitative estimate of drug-likeness (QED) is 0.807. The standard InChI is InChI=1S/C9H8BrFN4/c1-15-8(7(12)4-14-15)6-2-5(10)3-13-9(6)11/h2-4H,12H2,1H3. The molecule has 4 nitrogen and oxygen atoms in total. The molecule has 0 saturated heterocycles.